The second-order valence-electron chi connectivity index (χ2n) is 13.3. The van der Waals surface area contributed by atoms with Gasteiger partial charge in [0.05, 0.1) is 13.2 Å². The number of likely N-dealkylation sites (N-methyl/N-ethyl adjacent to an activating group) is 1. The maximum Gasteiger partial charge on any atom is 0.324 e. The van der Waals surface area contributed by atoms with Crippen molar-refractivity contribution in [2.75, 3.05) is 27.7 Å². The molecule has 4 amide bonds. The van der Waals surface area contributed by atoms with Gasteiger partial charge in [-0.1, -0.05) is 55.4 Å². The van der Waals surface area contributed by atoms with Gasteiger partial charge in [0, 0.05) is 18.5 Å². The molecular formula is C32H54N4O7. The lowest BCUT2D eigenvalue weighted by Crippen LogP contribution is -2.58. The summed E-state index contributed by atoms with van der Waals surface area (Å²) in [7, 11) is 5.08. The quantitative estimate of drug-likeness (QED) is 0.236. The number of nitrogens with zero attached hydrogens (tertiary/aromatic N) is 3. The molecule has 244 valence electrons. The molecule has 1 N–H and O–H groups in total. The fourth-order valence-corrected chi connectivity index (χ4v) is 5.78. The van der Waals surface area contributed by atoms with E-state index >= 15 is 0 Å². The summed E-state index contributed by atoms with van der Waals surface area (Å²) in [6.45, 7) is 15.6. The molecule has 0 aromatic rings. The Morgan fingerprint density at radius 3 is 2.19 bits per heavy atom. The minimum absolute atomic E-state index is 0.0808. The molecule has 2 heterocycles. The molecular weight excluding hydrogens is 552 g/mol. The molecule has 2 aliphatic rings. The zero-order chi connectivity index (χ0) is 32.8. The van der Waals surface area contributed by atoms with E-state index in [4.69, 9.17) is 9.47 Å². The summed E-state index contributed by atoms with van der Waals surface area (Å²) in [6, 6.07) is -2.83. The average Bonchev–Trinajstić information content (AvgIpc) is 3.56. The lowest BCUT2D eigenvalue weighted by molar-refractivity contribution is -0.164. The van der Waals surface area contributed by atoms with Gasteiger partial charge >= 0.3 is 5.97 Å². The van der Waals surface area contributed by atoms with Crippen molar-refractivity contribution in [1.82, 2.24) is 20.0 Å². The highest BCUT2D eigenvalue weighted by molar-refractivity contribution is 6.07. The zero-order valence-electron chi connectivity index (χ0n) is 28.0. The number of carbonyl (C=O) groups is 5. The van der Waals surface area contributed by atoms with Gasteiger partial charge in [-0.2, -0.15) is 0 Å². The summed E-state index contributed by atoms with van der Waals surface area (Å²) in [4.78, 5) is 72.0. The second kappa shape index (κ2) is 15.7. The Balaban J connectivity index is 2.28. The van der Waals surface area contributed by atoms with Gasteiger partial charge in [-0.25, -0.2) is 0 Å². The van der Waals surface area contributed by atoms with Crippen LogP contribution in [0, 0.1) is 23.7 Å². The molecule has 0 aliphatic carbocycles. The molecule has 2 rings (SSSR count). The average molecular weight is 607 g/mol. The molecule has 0 bridgehead atoms. The molecule has 2 aliphatic heterocycles. The molecule has 0 aromatic heterocycles. The predicted octanol–water partition coefficient (Wildman–Crippen LogP) is 2.98. The highest BCUT2D eigenvalue weighted by Gasteiger charge is 2.47. The third kappa shape index (κ3) is 8.58. The number of carbonyl (C=O) groups excluding carboxylic acids is 5. The molecule has 0 unspecified atom stereocenters. The molecule has 11 heteroatoms. The van der Waals surface area contributed by atoms with Crippen LogP contribution in [0.4, 0.5) is 0 Å². The van der Waals surface area contributed by atoms with Crippen molar-refractivity contribution in [3.63, 3.8) is 0 Å². The summed E-state index contributed by atoms with van der Waals surface area (Å²) in [5, 5.41) is 2.86. The Labute approximate surface area is 257 Å². The van der Waals surface area contributed by atoms with Crippen molar-refractivity contribution in [1.29, 1.82) is 0 Å². The maximum absolute atomic E-state index is 14.0. The number of hydrogen-bond donors (Lipinski definition) is 1. The lowest BCUT2D eigenvalue weighted by atomic mass is 9.97. The van der Waals surface area contributed by atoms with E-state index in [-0.39, 0.29) is 23.7 Å². The topological polar surface area (TPSA) is 126 Å². The molecule has 0 spiro atoms. The van der Waals surface area contributed by atoms with Crippen LogP contribution in [0.2, 0.25) is 0 Å². The smallest absolute Gasteiger partial charge is 0.324 e. The number of rotatable bonds is 14. The summed E-state index contributed by atoms with van der Waals surface area (Å²) >= 11 is 0. The van der Waals surface area contributed by atoms with Gasteiger partial charge in [0.1, 0.15) is 23.9 Å². The van der Waals surface area contributed by atoms with E-state index in [9.17, 15) is 24.0 Å². The van der Waals surface area contributed by atoms with E-state index in [2.05, 4.69) is 5.32 Å². The molecule has 0 radical (unpaired) electrons. The molecule has 0 saturated carbocycles. The standard InChI is InChI=1S/C32H54N4O7/c1-12-21(8)28(43-32(41)23(34(9)10)16-18(2)3)29(38)33-26(19(4)5)31(40)35-15-13-14-22(35)30(39)36-25(37)17-24(42-11)27(36)20(6)7/h17-23,26-28H,12-16H2,1-11H3,(H,33,38)/t21-,22-,23-,26-,27-,28-/m0/s1. The van der Waals surface area contributed by atoms with Gasteiger partial charge in [-0.05, 0) is 57.5 Å². The summed E-state index contributed by atoms with van der Waals surface area (Å²) in [6.07, 6.45) is 2.42. The van der Waals surface area contributed by atoms with Gasteiger partial charge in [0.25, 0.3) is 17.7 Å². The minimum Gasteiger partial charge on any atom is -0.499 e. The van der Waals surface area contributed by atoms with Gasteiger partial charge < -0.3 is 19.7 Å². The third-order valence-electron chi connectivity index (χ3n) is 8.48. The van der Waals surface area contributed by atoms with E-state index in [1.54, 1.807) is 19.0 Å². The van der Waals surface area contributed by atoms with Crippen molar-refractivity contribution in [3.05, 3.63) is 11.8 Å². The molecule has 11 nitrogen and oxygen atoms in total. The first-order valence-electron chi connectivity index (χ1n) is 15.7. The summed E-state index contributed by atoms with van der Waals surface area (Å²) in [5.41, 5.74) is 0. The number of ether oxygens (including phenoxy) is 2. The van der Waals surface area contributed by atoms with Crippen molar-refractivity contribution in [3.8, 4) is 0 Å². The van der Waals surface area contributed by atoms with Crippen LogP contribution in [0.5, 0.6) is 0 Å². The summed E-state index contributed by atoms with van der Waals surface area (Å²) < 4.78 is 11.2. The fourth-order valence-electron chi connectivity index (χ4n) is 5.78. The van der Waals surface area contributed by atoms with Crippen molar-refractivity contribution < 1.29 is 33.4 Å². The van der Waals surface area contributed by atoms with Crippen LogP contribution in [0.1, 0.15) is 81.1 Å². The van der Waals surface area contributed by atoms with Crippen LogP contribution in [0.25, 0.3) is 0 Å². The monoisotopic (exact) mass is 606 g/mol. The Morgan fingerprint density at radius 2 is 1.70 bits per heavy atom. The normalized spacial score (nSPS) is 21.7. The zero-order valence-corrected chi connectivity index (χ0v) is 28.0. The number of nitrogens with one attached hydrogen (secondary N) is 1. The number of methoxy groups -OCH3 is 1. The maximum atomic E-state index is 14.0. The van der Waals surface area contributed by atoms with E-state index in [1.807, 2.05) is 55.4 Å². The van der Waals surface area contributed by atoms with Crippen LogP contribution in [-0.4, -0.2) is 102 Å². The Kier molecular flexibility index (Phi) is 13.2. The second-order valence-corrected chi connectivity index (χ2v) is 13.3. The largest absolute Gasteiger partial charge is 0.499 e. The predicted molar refractivity (Wildman–Crippen MR) is 163 cm³/mol. The number of amides is 4. The van der Waals surface area contributed by atoms with Crippen LogP contribution >= 0.6 is 0 Å². The first-order valence-corrected chi connectivity index (χ1v) is 15.7. The number of imide groups is 1. The Bertz CT molecular complexity index is 1050. The van der Waals surface area contributed by atoms with Gasteiger partial charge in [-0.15, -0.1) is 0 Å². The Morgan fingerprint density at radius 1 is 1.07 bits per heavy atom. The molecule has 1 saturated heterocycles. The van der Waals surface area contributed by atoms with Crippen molar-refractivity contribution >= 4 is 29.6 Å². The minimum atomic E-state index is -1.08. The summed E-state index contributed by atoms with van der Waals surface area (Å²) in [5.74, 6) is -2.32. The number of hydrogen-bond acceptors (Lipinski definition) is 8. The van der Waals surface area contributed by atoms with E-state index in [1.165, 1.54) is 23.0 Å². The van der Waals surface area contributed by atoms with E-state index < -0.39 is 59.9 Å². The number of esters is 1. The molecule has 43 heavy (non-hydrogen) atoms. The van der Waals surface area contributed by atoms with Crippen LogP contribution in [0.3, 0.4) is 0 Å². The highest BCUT2D eigenvalue weighted by atomic mass is 16.6. The molecule has 1 fully saturated rings. The van der Waals surface area contributed by atoms with Gasteiger partial charge in [-0.3, -0.25) is 33.8 Å². The van der Waals surface area contributed by atoms with Crippen molar-refractivity contribution in [2.24, 2.45) is 23.7 Å². The van der Waals surface area contributed by atoms with Crippen LogP contribution < -0.4 is 5.32 Å². The first kappa shape index (κ1) is 36.2. The molecule has 0 aromatic carbocycles. The van der Waals surface area contributed by atoms with Crippen molar-refractivity contribution in [2.45, 2.75) is 111 Å². The SMILES string of the molecule is CC[C@H](C)[C@H](OC(=O)[C@H](CC(C)C)N(C)C)C(=O)N[C@H](C(=O)N1CCC[C@H]1C(=O)N1C(=O)C=C(OC)[C@@H]1C(C)C)C(C)C. The van der Waals surface area contributed by atoms with E-state index in [0.29, 0.717) is 38.0 Å². The number of likely N-dealkylation sites (tertiary alicyclic amines) is 1. The van der Waals surface area contributed by atoms with Gasteiger partial charge in [0.2, 0.25) is 5.91 Å². The fraction of sp³-hybridized carbons (Fsp3) is 0.781. The highest BCUT2D eigenvalue weighted by Crippen LogP contribution is 2.31. The van der Waals surface area contributed by atoms with Crippen LogP contribution in [-0.2, 0) is 33.4 Å². The lowest BCUT2D eigenvalue weighted by Gasteiger charge is -2.35. The first-order chi connectivity index (χ1) is 20.1. The van der Waals surface area contributed by atoms with E-state index in [0.717, 1.165) is 0 Å². The van der Waals surface area contributed by atoms with Crippen LogP contribution in [0.15, 0.2) is 11.8 Å². The molecule has 6 atom stereocenters. The van der Waals surface area contributed by atoms with Gasteiger partial charge in [0.15, 0.2) is 6.10 Å². The third-order valence-corrected chi connectivity index (χ3v) is 8.48. The Hall–Kier alpha value is -2.95.